The molecule has 0 saturated heterocycles. The van der Waals surface area contributed by atoms with Crippen molar-refractivity contribution in [3.8, 4) is 0 Å². The summed E-state index contributed by atoms with van der Waals surface area (Å²) < 4.78 is 29.4. The van der Waals surface area contributed by atoms with E-state index < -0.39 is 15.4 Å². The largest absolute Gasteiger partial charge is 0.352 e. The molecule has 1 radical (unpaired) electrons. The van der Waals surface area contributed by atoms with Gasteiger partial charge in [0.05, 0.1) is 11.8 Å². The summed E-state index contributed by atoms with van der Waals surface area (Å²) in [6.45, 7) is 3.98. The molecule has 5 nitrogen and oxygen atoms in total. The van der Waals surface area contributed by atoms with Gasteiger partial charge in [-0.05, 0) is 13.3 Å². The monoisotopic (exact) mass is 194 g/mol. The lowest BCUT2D eigenvalue weighted by atomic mass is 10.3. The number of carbonyl (C=O) groups excluding carboxylic acids is 1. The van der Waals surface area contributed by atoms with Crippen LogP contribution in [0, 0.1) is 6.54 Å². The lowest BCUT2D eigenvalue weighted by Crippen LogP contribution is -2.23. The summed E-state index contributed by atoms with van der Waals surface area (Å²) in [5.41, 5.74) is 0. The summed E-state index contributed by atoms with van der Waals surface area (Å²) in [6, 6.07) is 0. The van der Waals surface area contributed by atoms with Gasteiger partial charge in [0, 0.05) is 6.92 Å². The molecule has 0 aliphatic carbocycles. The van der Waals surface area contributed by atoms with E-state index in [4.69, 9.17) is 4.55 Å². The number of hydrogen-bond acceptors (Lipinski definition) is 3. The fraction of sp³-hybridized carbons (Fsp3) is 0.667. The SMILES string of the molecule is CC(=O)N[CH]CC(C)S(=O)(=O)O. The standard InChI is InChI=1S/C6H12NO4S/c1-5(12(9,10)11)3-4-7-6(2)8/h4-5H,3H2,1-2H3,(H,7,8)(H,9,10,11). The van der Waals surface area contributed by atoms with Crippen LogP contribution >= 0.6 is 0 Å². The normalized spacial score (nSPS) is 13.9. The molecule has 0 fully saturated rings. The highest BCUT2D eigenvalue weighted by molar-refractivity contribution is 7.86. The molecule has 0 aliphatic heterocycles. The van der Waals surface area contributed by atoms with Crippen LogP contribution in [0.3, 0.4) is 0 Å². The lowest BCUT2D eigenvalue weighted by Gasteiger charge is -2.06. The van der Waals surface area contributed by atoms with Gasteiger partial charge < -0.3 is 5.32 Å². The van der Waals surface area contributed by atoms with E-state index in [9.17, 15) is 13.2 Å². The Labute approximate surface area is 71.9 Å². The Balaban J connectivity index is 3.73. The molecule has 71 valence electrons. The number of amides is 1. The average molecular weight is 194 g/mol. The van der Waals surface area contributed by atoms with E-state index in [1.54, 1.807) is 0 Å². The quantitative estimate of drug-likeness (QED) is 0.615. The van der Waals surface area contributed by atoms with E-state index in [1.165, 1.54) is 20.4 Å². The summed E-state index contributed by atoms with van der Waals surface area (Å²) >= 11 is 0. The fourth-order valence-corrected chi connectivity index (χ4v) is 0.830. The third kappa shape index (κ3) is 5.09. The maximum atomic E-state index is 10.4. The van der Waals surface area contributed by atoms with Crippen molar-refractivity contribution in [3.63, 3.8) is 0 Å². The highest BCUT2D eigenvalue weighted by Gasteiger charge is 2.16. The first-order valence-corrected chi connectivity index (χ1v) is 4.89. The van der Waals surface area contributed by atoms with Gasteiger partial charge in [-0.3, -0.25) is 9.35 Å². The van der Waals surface area contributed by atoms with Crippen LogP contribution in [0.25, 0.3) is 0 Å². The summed E-state index contributed by atoms with van der Waals surface area (Å²) in [5.74, 6) is -0.266. The van der Waals surface area contributed by atoms with Gasteiger partial charge in [0.15, 0.2) is 0 Å². The van der Waals surface area contributed by atoms with Gasteiger partial charge in [-0.2, -0.15) is 8.42 Å². The lowest BCUT2D eigenvalue weighted by molar-refractivity contribution is -0.118. The van der Waals surface area contributed by atoms with Gasteiger partial charge >= 0.3 is 0 Å². The zero-order chi connectivity index (χ0) is 9.78. The van der Waals surface area contributed by atoms with Gasteiger partial charge in [-0.1, -0.05) is 0 Å². The third-order valence-corrected chi connectivity index (χ3v) is 2.47. The third-order valence-electron chi connectivity index (χ3n) is 1.26. The van der Waals surface area contributed by atoms with Crippen LogP contribution in [0.4, 0.5) is 0 Å². The summed E-state index contributed by atoms with van der Waals surface area (Å²) in [5, 5.41) is 1.42. The van der Waals surface area contributed by atoms with E-state index in [1.807, 2.05) is 0 Å². The zero-order valence-corrected chi connectivity index (χ0v) is 7.76. The first-order valence-electron chi connectivity index (χ1n) is 3.39. The Hall–Kier alpha value is -0.620. The molecular weight excluding hydrogens is 182 g/mol. The number of hydrogen-bond donors (Lipinski definition) is 2. The van der Waals surface area contributed by atoms with E-state index in [2.05, 4.69) is 5.32 Å². The van der Waals surface area contributed by atoms with Crippen LogP contribution in [0.1, 0.15) is 20.3 Å². The Bertz CT molecular complexity index is 246. The average Bonchev–Trinajstić information content (AvgIpc) is 1.84. The first-order chi connectivity index (χ1) is 5.34. The second-order valence-corrected chi connectivity index (χ2v) is 4.30. The maximum absolute atomic E-state index is 10.4. The van der Waals surface area contributed by atoms with Crippen LogP contribution in [0.2, 0.25) is 0 Å². The van der Waals surface area contributed by atoms with E-state index in [0.717, 1.165) is 0 Å². The highest BCUT2D eigenvalue weighted by Crippen LogP contribution is 2.03. The van der Waals surface area contributed by atoms with E-state index in [0.29, 0.717) is 0 Å². The molecule has 0 aromatic rings. The van der Waals surface area contributed by atoms with Gasteiger partial charge in [0.1, 0.15) is 0 Å². The van der Waals surface area contributed by atoms with Crippen molar-refractivity contribution in [3.05, 3.63) is 6.54 Å². The minimum Gasteiger partial charge on any atom is -0.352 e. The van der Waals surface area contributed by atoms with Crippen molar-refractivity contribution in [1.29, 1.82) is 0 Å². The zero-order valence-electron chi connectivity index (χ0n) is 6.94. The van der Waals surface area contributed by atoms with Crippen molar-refractivity contribution < 1.29 is 17.8 Å². The second-order valence-electron chi connectivity index (χ2n) is 2.47. The molecule has 1 amide bonds. The first kappa shape index (κ1) is 11.4. The van der Waals surface area contributed by atoms with Crippen LogP contribution < -0.4 is 5.32 Å². The molecule has 0 aromatic carbocycles. The van der Waals surface area contributed by atoms with Crippen LogP contribution in [-0.4, -0.2) is 24.1 Å². The van der Waals surface area contributed by atoms with Crippen LogP contribution in [-0.2, 0) is 14.9 Å². The Kier molecular flexibility index (Phi) is 4.19. The van der Waals surface area contributed by atoms with Gasteiger partial charge in [-0.25, -0.2) is 0 Å². The topological polar surface area (TPSA) is 83.5 Å². The summed E-state index contributed by atoms with van der Waals surface area (Å²) in [4.78, 5) is 10.3. The van der Waals surface area contributed by atoms with Crippen molar-refractivity contribution >= 4 is 16.0 Å². The molecule has 12 heavy (non-hydrogen) atoms. The Morgan fingerprint density at radius 1 is 1.67 bits per heavy atom. The van der Waals surface area contributed by atoms with Crippen LogP contribution in [0.5, 0.6) is 0 Å². The number of carbonyl (C=O) groups is 1. The molecule has 1 atom stereocenters. The molecular formula is C6H12NO4S. The molecule has 0 aromatic heterocycles. The molecule has 2 N–H and O–H groups in total. The maximum Gasteiger partial charge on any atom is 0.267 e. The van der Waals surface area contributed by atoms with Crippen molar-refractivity contribution in [2.75, 3.05) is 0 Å². The molecule has 1 unspecified atom stereocenters. The fourth-order valence-electron chi connectivity index (χ4n) is 0.490. The van der Waals surface area contributed by atoms with Crippen LogP contribution in [0.15, 0.2) is 0 Å². The van der Waals surface area contributed by atoms with Crippen molar-refractivity contribution in [1.82, 2.24) is 5.32 Å². The minimum atomic E-state index is -3.98. The van der Waals surface area contributed by atoms with Crippen molar-refractivity contribution in [2.45, 2.75) is 25.5 Å². The van der Waals surface area contributed by atoms with Gasteiger partial charge in [0.25, 0.3) is 10.1 Å². The predicted octanol–water partition coefficient (Wildman–Crippen LogP) is -0.0493. The molecule has 0 aliphatic rings. The highest BCUT2D eigenvalue weighted by atomic mass is 32.2. The molecule has 0 bridgehead atoms. The second kappa shape index (κ2) is 4.42. The molecule has 6 heteroatoms. The van der Waals surface area contributed by atoms with Gasteiger partial charge in [0.2, 0.25) is 5.91 Å². The summed E-state index contributed by atoms with van der Waals surface area (Å²) in [7, 11) is -3.98. The molecule has 0 rings (SSSR count). The smallest absolute Gasteiger partial charge is 0.267 e. The molecule has 0 spiro atoms. The van der Waals surface area contributed by atoms with Crippen molar-refractivity contribution in [2.24, 2.45) is 0 Å². The summed E-state index contributed by atoms with van der Waals surface area (Å²) in [6.07, 6.45) is 0.0956. The van der Waals surface area contributed by atoms with E-state index >= 15 is 0 Å². The van der Waals surface area contributed by atoms with Gasteiger partial charge in [-0.15, -0.1) is 0 Å². The molecule has 0 heterocycles. The minimum absolute atomic E-state index is 0.0956. The Morgan fingerprint density at radius 3 is 2.50 bits per heavy atom. The number of rotatable bonds is 4. The number of nitrogens with one attached hydrogen (secondary N) is 1. The predicted molar refractivity (Wildman–Crippen MR) is 43.7 cm³/mol. The Morgan fingerprint density at radius 2 is 2.17 bits per heavy atom. The van der Waals surface area contributed by atoms with E-state index in [-0.39, 0.29) is 12.3 Å². The molecule has 0 saturated carbocycles.